The first-order valence-corrected chi connectivity index (χ1v) is 10.3. The van der Waals surface area contributed by atoms with Crippen LogP contribution in [0.15, 0.2) is 47.9 Å². The third-order valence-corrected chi connectivity index (χ3v) is 5.79. The van der Waals surface area contributed by atoms with Gasteiger partial charge in [0.1, 0.15) is 6.04 Å². The summed E-state index contributed by atoms with van der Waals surface area (Å²) in [6.45, 7) is 0. The fourth-order valence-electron chi connectivity index (χ4n) is 4.33. The van der Waals surface area contributed by atoms with Gasteiger partial charge in [0.05, 0.1) is 21.3 Å². The Labute approximate surface area is 185 Å². The number of hydrogen-bond donors (Lipinski definition) is 1. The predicted molar refractivity (Wildman–Crippen MR) is 117 cm³/mol. The average molecular weight is 433 g/mol. The Morgan fingerprint density at radius 1 is 1.09 bits per heavy atom. The van der Waals surface area contributed by atoms with Gasteiger partial charge in [-0.1, -0.05) is 6.07 Å². The number of carbonyl (C=O) groups excluding carboxylic acids is 1. The molecule has 0 saturated carbocycles. The molecular formula is C23H23N5O4. The highest BCUT2D eigenvalue weighted by atomic mass is 16.5. The van der Waals surface area contributed by atoms with Gasteiger partial charge < -0.3 is 19.5 Å². The molecule has 1 N–H and O–H groups in total. The van der Waals surface area contributed by atoms with Crippen LogP contribution in [0.1, 0.15) is 30.9 Å². The van der Waals surface area contributed by atoms with Gasteiger partial charge >= 0.3 is 0 Å². The largest absolute Gasteiger partial charge is 0.493 e. The Hall–Kier alpha value is -3.88. The smallest absolute Gasteiger partial charge is 0.226 e. The molecule has 0 radical (unpaired) electrons. The summed E-state index contributed by atoms with van der Waals surface area (Å²) in [4.78, 5) is 21.9. The molecule has 0 fully saturated rings. The van der Waals surface area contributed by atoms with Gasteiger partial charge in [-0.05, 0) is 36.6 Å². The molecule has 9 nitrogen and oxygen atoms in total. The normalized spacial score (nSPS) is 17.3. The van der Waals surface area contributed by atoms with Gasteiger partial charge in [-0.2, -0.15) is 4.98 Å². The van der Waals surface area contributed by atoms with E-state index in [0.29, 0.717) is 41.0 Å². The van der Waals surface area contributed by atoms with Crippen LogP contribution in [0.4, 0.5) is 5.95 Å². The van der Waals surface area contributed by atoms with E-state index in [2.05, 4.69) is 10.3 Å². The van der Waals surface area contributed by atoms with Crippen LogP contribution in [0.5, 0.6) is 17.2 Å². The molecule has 1 aliphatic carbocycles. The minimum atomic E-state index is -0.383. The zero-order chi connectivity index (χ0) is 22.2. The standard InChI is InChI=1S/C23H23N5O4/c1-30-17-10-14(11-18(31-2)21(17)32-3)22-26-23-25-15-7-4-8-16(29)19(15)20(28(23)27-22)13-6-5-9-24-12-13/h5-6,9-12,20H,4,7-8H2,1-3H3,(H,25,26,27). The SMILES string of the molecule is COc1cc(-c2nc3n(n2)C(c2cccnc2)C2=C(CCCC2=O)N3)cc(OC)c1OC. The summed E-state index contributed by atoms with van der Waals surface area (Å²) in [6.07, 6.45) is 5.63. The van der Waals surface area contributed by atoms with E-state index < -0.39 is 0 Å². The molecule has 2 aromatic heterocycles. The summed E-state index contributed by atoms with van der Waals surface area (Å²) in [6, 6.07) is 7.05. The number of methoxy groups -OCH3 is 3. The number of rotatable bonds is 5. The lowest BCUT2D eigenvalue weighted by molar-refractivity contribution is -0.116. The number of hydrogen-bond acceptors (Lipinski definition) is 8. The number of Topliss-reactive ketones (excluding diaryl/α,β-unsaturated/α-hetero) is 1. The Bertz CT molecular complexity index is 1190. The monoisotopic (exact) mass is 433 g/mol. The molecule has 2 aliphatic rings. The summed E-state index contributed by atoms with van der Waals surface area (Å²) in [5.41, 5.74) is 3.24. The zero-order valence-corrected chi connectivity index (χ0v) is 18.1. The van der Waals surface area contributed by atoms with E-state index in [1.807, 2.05) is 12.1 Å². The molecule has 0 spiro atoms. The van der Waals surface area contributed by atoms with E-state index in [1.54, 1.807) is 50.5 Å². The molecule has 5 rings (SSSR count). The predicted octanol–water partition coefficient (Wildman–Crippen LogP) is 3.39. The third-order valence-electron chi connectivity index (χ3n) is 5.79. The van der Waals surface area contributed by atoms with Crippen molar-refractivity contribution in [1.29, 1.82) is 0 Å². The summed E-state index contributed by atoms with van der Waals surface area (Å²) in [7, 11) is 4.69. The molecule has 3 aromatic rings. The first-order chi connectivity index (χ1) is 15.6. The van der Waals surface area contributed by atoms with Crippen molar-refractivity contribution < 1.29 is 19.0 Å². The van der Waals surface area contributed by atoms with Crippen LogP contribution < -0.4 is 19.5 Å². The van der Waals surface area contributed by atoms with Crippen LogP contribution in [0.2, 0.25) is 0 Å². The maximum atomic E-state index is 12.9. The van der Waals surface area contributed by atoms with Crippen molar-refractivity contribution in [2.24, 2.45) is 0 Å². The number of aromatic nitrogens is 4. The summed E-state index contributed by atoms with van der Waals surface area (Å²) in [5.74, 6) is 2.71. The van der Waals surface area contributed by atoms with Crippen LogP contribution >= 0.6 is 0 Å². The van der Waals surface area contributed by atoms with Crippen molar-refractivity contribution in [3.05, 3.63) is 53.5 Å². The highest BCUT2D eigenvalue weighted by Gasteiger charge is 2.37. The van der Waals surface area contributed by atoms with Gasteiger partial charge in [0.15, 0.2) is 23.1 Å². The van der Waals surface area contributed by atoms with Crippen LogP contribution in [-0.4, -0.2) is 46.9 Å². The van der Waals surface area contributed by atoms with Crippen molar-refractivity contribution in [2.75, 3.05) is 26.6 Å². The quantitative estimate of drug-likeness (QED) is 0.654. The Kier molecular flexibility index (Phi) is 5.01. The fourth-order valence-corrected chi connectivity index (χ4v) is 4.33. The van der Waals surface area contributed by atoms with Gasteiger partial charge in [-0.3, -0.25) is 9.78 Å². The number of pyridine rings is 1. The summed E-state index contributed by atoms with van der Waals surface area (Å²) in [5, 5.41) is 8.13. The number of carbonyl (C=O) groups is 1. The Morgan fingerprint density at radius 2 is 1.88 bits per heavy atom. The van der Waals surface area contributed by atoms with Crippen molar-refractivity contribution in [3.8, 4) is 28.6 Å². The van der Waals surface area contributed by atoms with Gasteiger partial charge in [-0.15, -0.1) is 5.10 Å². The molecule has 0 bridgehead atoms. The number of fused-ring (bicyclic) bond motifs is 1. The molecule has 32 heavy (non-hydrogen) atoms. The third kappa shape index (κ3) is 3.17. The first-order valence-electron chi connectivity index (χ1n) is 10.3. The van der Waals surface area contributed by atoms with Crippen molar-refractivity contribution in [3.63, 3.8) is 0 Å². The minimum Gasteiger partial charge on any atom is -0.493 e. The lowest BCUT2D eigenvalue weighted by Crippen LogP contribution is -2.31. The molecule has 1 aromatic carbocycles. The molecule has 0 amide bonds. The van der Waals surface area contributed by atoms with Crippen LogP contribution in [0.25, 0.3) is 11.4 Å². The summed E-state index contributed by atoms with van der Waals surface area (Å²) >= 11 is 0. The Morgan fingerprint density at radius 3 is 2.53 bits per heavy atom. The second-order valence-electron chi connectivity index (χ2n) is 7.60. The average Bonchev–Trinajstić information content (AvgIpc) is 3.26. The van der Waals surface area contributed by atoms with Crippen molar-refractivity contribution >= 4 is 11.7 Å². The number of anilines is 1. The highest BCUT2D eigenvalue weighted by Crippen LogP contribution is 2.43. The maximum Gasteiger partial charge on any atom is 0.226 e. The van der Waals surface area contributed by atoms with Gasteiger partial charge in [-0.25, -0.2) is 4.68 Å². The number of nitrogens with zero attached hydrogens (tertiary/aromatic N) is 4. The Balaban J connectivity index is 1.66. The van der Waals surface area contributed by atoms with Gasteiger partial charge in [0.2, 0.25) is 11.7 Å². The van der Waals surface area contributed by atoms with Gasteiger partial charge in [0, 0.05) is 35.6 Å². The molecule has 0 saturated heterocycles. The number of benzene rings is 1. The number of ketones is 1. The topological polar surface area (TPSA) is 100 Å². The van der Waals surface area contributed by atoms with E-state index >= 15 is 0 Å². The van der Waals surface area contributed by atoms with Crippen molar-refractivity contribution in [2.45, 2.75) is 25.3 Å². The second kappa shape index (κ2) is 7.99. The molecule has 3 heterocycles. The zero-order valence-electron chi connectivity index (χ0n) is 18.1. The number of ether oxygens (including phenoxy) is 3. The number of allylic oxidation sites excluding steroid dienone is 2. The molecular weight excluding hydrogens is 410 g/mol. The van der Waals surface area contributed by atoms with E-state index in [-0.39, 0.29) is 11.8 Å². The fraction of sp³-hybridized carbons (Fsp3) is 0.304. The van der Waals surface area contributed by atoms with Crippen LogP contribution in [0.3, 0.4) is 0 Å². The lowest BCUT2D eigenvalue weighted by Gasteiger charge is -2.31. The van der Waals surface area contributed by atoms with E-state index in [4.69, 9.17) is 24.3 Å². The van der Waals surface area contributed by atoms with Crippen LogP contribution in [0, 0.1) is 0 Å². The lowest BCUT2D eigenvalue weighted by atomic mass is 9.86. The van der Waals surface area contributed by atoms with Crippen LogP contribution in [-0.2, 0) is 4.79 Å². The van der Waals surface area contributed by atoms with E-state index in [1.165, 1.54) is 0 Å². The van der Waals surface area contributed by atoms with Crippen molar-refractivity contribution in [1.82, 2.24) is 19.7 Å². The summed E-state index contributed by atoms with van der Waals surface area (Å²) < 4.78 is 18.1. The molecule has 1 atom stereocenters. The van der Waals surface area contributed by atoms with E-state index in [0.717, 1.165) is 29.7 Å². The molecule has 164 valence electrons. The van der Waals surface area contributed by atoms with Gasteiger partial charge in [0.25, 0.3) is 0 Å². The first kappa shape index (κ1) is 20.0. The van der Waals surface area contributed by atoms with E-state index in [9.17, 15) is 4.79 Å². The minimum absolute atomic E-state index is 0.128. The molecule has 1 aliphatic heterocycles. The highest BCUT2D eigenvalue weighted by molar-refractivity contribution is 5.99. The second-order valence-corrected chi connectivity index (χ2v) is 7.60. The molecule has 1 unspecified atom stereocenters. The maximum absolute atomic E-state index is 12.9. The number of nitrogens with one attached hydrogen (secondary N) is 1. The molecule has 9 heteroatoms.